The zero-order valence-corrected chi connectivity index (χ0v) is 16.2. The van der Waals surface area contributed by atoms with Crippen molar-refractivity contribution >= 4 is 5.91 Å². The van der Waals surface area contributed by atoms with Gasteiger partial charge in [-0.25, -0.2) is 0 Å². The van der Waals surface area contributed by atoms with E-state index in [4.69, 9.17) is 5.11 Å². The van der Waals surface area contributed by atoms with Gasteiger partial charge in [-0.1, -0.05) is 70.4 Å². The number of aliphatic hydroxyl groups excluding tert-OH is 1. The van der Waals surface area contributed by atoms with E-state index in [9.17, 15) is 4.79 Å². The van der Waals surface area contributed by atoms with Gasteiger partial charge >= 0.3 is 0 Å². The lowest BCUT2D eigenvalue weighted by atomic mass is 10.1. The van der Waals surface area contributed by atoms with E-state index in [1.165, 1.54) is 70.6 Å². The van der Waals surface area contributed by atoms with Crippen LogP contribution in [0.3, 0.4) is 0 Å². The molecule has 0 saturated heterocycles. The monoisotopic (exact) mass is 339 g/mol. The fraction of sp³-hybridized carbons (Fsp3) is 0.857. The fourth-order valence-electron chi connectivity index (χ4n) is 2.75. The minimum absolute atomic E-state index is 0.0120. The highest BCUT2D eigenvalue weighted by atomic mass is 16.3. The third-order valence-electron chi connectivity index (χ3n) is 4.35. The van der Waals surface area contributed by atoms with Crippen molar-refractivity contribution in [1.82, 2.24) is 5.32 Å². The Morgan fingerprint density at radius 1 is 0.875 bits per heavy atom. The summed E-state index contributed by atoms with van der Waals surface area (Å²) in [6, 6.07) is -0.124. The molecule has 24 heavy (non-hydrogen) atoms. The van der Waals surface area contributed by atoms with Gasteiger partial charge in [0.15, 0.2) is 0 Å². The predicted molar refractivity (Wildman–Crippen MR) is 104 cm³/mol. The van der Waals surface area contributed by atoms with Gasteiger partial charge < -0.3 is 10.4 Å². The summed E-state index contributed by atoms with van der Waals surface area (Å²) in [7, 11) is 0. The average molecular weight is 340 g/mol. The number of carbonyl (C=O) groups excluding carboxylic acids is 1. The molecule has 0 spiro atoms. The Morgan fingerprint density at radius 3 is 1.92 bits per heavy atom. The Morgan fingerprint density at radius 2 is 1.38 bits per heavy atom. The quantitative estimate of drug-likeness (QED) is 0.271. The summed E-state index contributed by atoms with van der Waals surface area (Å²) in [5.41, 5.74) is 0. The van der Waals surface area contributed by atoms with Gasteiger partial charge in [0.25, 0.3) is 0 Å². The summed E-state index contributed by atoms with van der Waals surface area (Å²) < 4.78 is 0. The lowest BCUT2D eigenvalue weighted by Crippen LogP contribution is -2.34. The smallest absolute Gasteiger partial charge is 0.220 e. The molecule has 0 aliphatic heterocycles. The number of unbranched alkanes of at least 4 members (excludes halogenated alkanes) is 11. The molecule has 0 aliphatic rings. The summed E-state index contributed by atoms with van der Waals surface area (Å²) >= 11 is 0. The number of nitrogens with one attached hydrogen (secondary N) is 1. The molecular formula is C21H41NO2. The van der Waals surface area contributed by atoms with Gasteiger partial charge in [-0.2, -0.15) is 0 Å². The van der Waals surface area contributed by atoms with Gasteiger partial charge in [0.05, 0.1) is 6.61 Å². The largest absolute Gasteiger partial charge is 0.394 e. The molecule has 3 nitrogen and oxygen atoms in total. The maximum Gasteiger partial charge on any atom is 0.220 e. The number of hydrogen-bond acceptors (Lipinski definition) is 2. The van der Waals surface area contributed by atoms with Crippen LogP contribution in [0.2, 0.25) is 0 Å². The first kappa shape index (κ1) is 23.2. The third-order valence-corrected chi connectivity index (χ3v) is 4.35. The molecule has 2 N–H and O–H groups in total. The van der Waals surface area contributed by atoms with E-state index in [0.29, 0.717) is 6.42 Å². The summed E-state index contributed by atoms with van der Waals surface area (Å²) in [6.45, 7) is 4.09. The van der Waals surface area contributed by atoms with Gasteiger partial charge in [-0.15, -0.1) is 0 Å². The van der Waals surface area contributed by atoms with E-state index in [0.717, 1.165) is 12.8 Å². The van der Waals surface area contributed by atoms with Crippen molar-refractivity contribution in [2.24, 2.45) is 0 Å². The molecule has 0 radical (unpaired) electrons. The van der Waals surface area contributed by atoms with Crippen molar-refractivity contribution < 1.29 is 9.90 Å². The van der Waals surface area contributed by atoms with Gasteiger partial charge in [0.1, 0.15) is 0 Å². The molecule has 0 aromatic rings. The van der Waals surface area contributed by atoms with Crippen LogP contribution < -0.4 is 5.32 Å². The van der Waals surface area contributed by atoms with Crippen molar-refractivity contribution in [3.05, 3.63) is 12.2 Å². The average Bonchev–Trinajstić information content (AvgIpc) is 2.58. The summed E-state index contributed by atoms with van der Waals surface area (Å²) in [5, 5.41) is 11.6. The Bertz CT molecular complexity index is 302. The molecule has 0 heterocycles. The second-order valence-corrected chi connectivity index (χ2v) is 6.99. The van der Waals surface area contributed by atoms with Crippen molar-refractivity contribution in [1.29, 1.82) is 0 Å². The van der Waals surface area contributed by atoms with Gasteiger partial charge in [0.2, 0.25) is 5.91 Å². The first-order valence-corrected chi connectivity index (χ1v) is 10.3. The van der Waals surface area contributed by atoms with Crippen LogP contribution in [-0.2, 0) is 4.79 Å². The second-order valence-electron chi connectivity index (χ2n) is 6.99. The number of hydrogen-bond donors (Lipinski definition) is 2. The minimum atomic E-state index is -0.124. The maximum atomic E-state index is 11.5. The molecule has 0 bridgehead atoms. The molecule has 142 valence electrons. The van der Waals surface area contributed by atoms with E-state index >= 15 is 0 Å². The van der Waals surface area contributed by atoms with Crippen molar-refractivity contribution in [3.8, 4) is 0 Å². The summed E-state index contributed by atoms with van der Waals surface area (Å²) in [6.07, 6.45) is 21.8. The van der Waals surface area contributed by atoms with Crippen molar-refractivity contribution in [2.45, 2.75) is 110 Å². The van der Waals surface area contributed by atoms with Crippen molar-refractivity contribution in [2.75, 3.05) is 6.61 Å². The zero-order chi connectivity index (χ0) is 17.9. The van der Waals surface area contributed by atoms with Crippen LogP contribution in [0.5, 0.6) is 0 Å². The molecule has 1 amide bonds. The molecular weight excluding hydrogens is 298 g/mol. The van der Waals surface area contributed by atoms with E-state index in [1.54, 1.807) is 0 Å². The Kier molecular flexibility index (Phi) is 17.9. The molecule has 0 unspecified atom stereocenters. The highest BCUT2D eigenvalue weighted by Gasteiger charge is 2.05. The van der Waals surface area contributed by atoms with Crippen LogP contribution in [0.25, 0.3) is 0 Å². The van der Waals surface area contributed by atoms with E-state index in [-0.39, 0.29) is 18.6 Å². The molecule has 0 aromatic heterocycles. The van der Waals surface area contributed by atoms with E-state index in [1.807, 2.05) is 6.92 Å². The first-order chi connectivity index (χ1) is 11.7. The summed E-state index contributed by atoms with van der Waals surface area (Å²) in [4.78, 5) is 11.5. The first-order valence-electron chi connectivity index (χ1n) is 10.3. The van der Waals surface area contributed by atoms with Crippen LogP contribution in [0, 0.1) is 0 Å². The van der Waals surface area contributed by atoms with Crippen LogP contribution in [0.15, 0.2) is 12.2 Å². The predicted octanol–water partition coefficient (Wildman–Crippen LogP) is 5.52. The zero-order valence-electron chi connectivity index (χ0n) is 16.2. The van der Waals surface area contributed by atoms with Crippen LogP contribution in [0.1, 0.15) is 104 Å². The van der Waals surface area contributed by atoms with Gasteiger partial charge in [0, 0.05) is 12.5 Å². The van der Waals surface area contributed by atoms with Crippen molar-refractivity contribution in [3.63, 3.8) is 0 Å². The SMILES string of the molecule is CCCCCCCCC=CCCCCCCCC(=O)N[C@H](C)CO. The van der Waals surface area contributed by atoms with Crippen LogP contribution in [0.4, 0.5) is 0 Å². The number of carbonyl (C=O) groups is 1. The third kappa shape index (κ3) is 17.5. The summed E-state index contributed by atoms with van der Waals surface area (Å²) in [5.74, 6) is 0.0641. The highest BCUT2D eigenvalue weighted by molar-refractivity contribution is 5.76. The maximum absolute atomic E-state index is 11.5. The number of allylic oxidation sites excluding steroid dienone is 2. The standard InChI is InChI=1S/C21H41NO2/c1-3-4-5-6-7-8-9-10-11-12-13-14-15-16-17-18-21(24)22-20(2)19-23/h10-11,20,23H,3-9,12-19H2,1-2H3,(H,22,24)/t20-/m1/s1. The van der Waals surface area contributed by atoms with E-state index < -0.39 is 0 Å². The molecule has 1 atom stereocenters. The molecule has 0 saturated carbocycles. The highest BCUT2D eigenvalue weighted by Crippen LogP contribution is 2.09. The Hall–Kier alpha value is -0.830. The lowest BCUT2D eigenvalue weighted by molar-refractivity contribution is -0.122. The number of rotatable bonds is 17. The van der Waals surface area contributed by atoms with Gasteiger partial charge in [-0.3, -0.25) is 4.79 Å². The van der Waals surface area contributed by atoms with E-state index in [2.05, 4.69) is 24.4 Å². The fourth-order valence-corrected chi connectivity index (χ4v) is 2.75. The Labute approximate surface area is 150 Å². The van der Waals surface area contributed by atoms with Crippen LogP contribution >= 0.6 is 0 Å². The van der Waals surface area contributed by atoms with Crippen LogP contribution in [-0.4, -0.2) is 23.7 Å². The lowest BCUT2D eigenvalue weighted by Gasteiger charge is -2.10. The second kappa shape index (κ2) is 18.5. The normalized spacial score (nSPS) is 12.6. The number of amides is 1. The molecule has 0 aromatic carbocycles. The van der Waals surface area contributed by atoms with Gasteiger partial charge in [-0.05, 0) is 39.0 Å². The Balaban J connectivity index is 3.22. The molecule has 0 fully saturated rings. The molecule has 3 heteroatoms. The topological polar surface area (TPSA) is 49.3 Å². The molecule has 0 aliphatic carbocycles. The minimum Gasteiger partial charge on any atom is -0.394 e. The molecule has 0 rings (SSSR count). The number of aliphatic hydroxyl groups is 1.